The number of nitrogens with one attached hydrogen (secondary N) is 1. The summed E-state index contributed by atoms with van der Waals surface area (Å²) in [5.74, 6) is -1.05. The van der Waals surface area contributed by atoms with E-state index in [9.17, 15) is 18.0 Å². The van der Waals surface area contributed by atoms with Gasteiger partial charge in [0.15, 0.2) is 16.7 Å². The first-order valence-corrected chi connectivity index (χ1v) is 9.47. The zero-order chi connectivity index (χ0) is 21.0. The Morgan fingerprint density at radius 2 is 1.90 bits per heavy atom. The molecular formula is C19H16F3N3O3S. The van der Waals surface area contributed by atoms with Gasteiger partial charge >= 0.3 is 6.61 Å². The molecular weight excluding hydrogens is 407 g/mol. The molecule has 0 unspecified atom stereocenters. The fourth-order valence-corrected chi connectivity index (χ4v) is 3.16. The summed E-state index contributed by atoms with van der Waals surface area (Å²) in [4.78, 5) is 17.0. The molecule has 0 saturated carbocycles. The molecule has 1 amide bonds. The largest absolute Gasteiger partial charge is 0.493 e. The fraction of sp³-hybridized carbons (Fsp3) is 0.158. The summed E-state index contributed by atoms with van der Waals surface area (Å²) in [6.07, 6.45) is 3.17. The first-order chi connectivity index (χ1) is 13.9. The molecule has 3 rings (SSSR count). The van der Waals surface area contributed by atoms with Crippen molar-refractivity contribution in [1.29, 1.82) is 0 Å². The highest BCUT2D eigenvalue weighted by Gasteiger charge is 2.19. The second kappa shape index (κ2) is 8.91. The molecule has 2 aromatic carbocycles. The molecule has 152 valence electrons. The molecule has 29 heavy (non-hydrogen) atoms. The van der Waals surface area contributed by atoms with Crippen molar-refractivity contribution in [3.8, 4) is 17.2 Å². The average molecular weight is 423 g/mol. The zero-order valence-corrected chi connectivity index (χ0v) is 16.2. The number of anilines is 1. The van der Waals surface area contributed by atoms with Gasteiger partial charge in [0.25, 0.3) is 5.91 Å². The van der Waals surface area contributed by atoms with Crippen LogP contribution in [0.4, 0.5) is 18.9 Å². The van der Waals surface area contributed by atoms with Crippen LogP contribution in [0.5, 0.6) is 11.5 Å². The lowest BCUT2D eigenvalue weighted by molar-refractivity contribution is -0.0511. The first kappa shape index (κ1) is 20.6. The van der Waals surface area contributed by atoms with Gasteiger partial charge in [-0.3, -0.25) is 9.36 Å². The highest BCUT2D eigenvalue weighted by atomic mass is 32.2. The van der Waals surface area contributed by atoms with Crippen molar-refractivity contribution in [2.24, 2.45) is 0 Å². The van der Waals surface area contributed by atoms with Gasteiger partial charge in [0, 0.05) is 17.4 Å². The molecule has 0 aliphatic rings. The standard InChI is InChI=1S/C19H16F3N3O3S/c1-27-15-8-5-12(9-16(15)28-18(21)22)24-17(26)14-10-23-19(29-2)25(14)13-6-3-11(20)4-7-13/h3-10,18H,1-2H3,(H,24,26). The van der Waals surface area contributed by atoms with Crippen LogP contribution >= 0.6 is 11.8 Å². The Bertz CT molecular complexity index is 1010. The number of benzene rings is 2. The maximum atomic E-state index is 13.3. The van der Waals surface area contributed by atoms with Gasteiger partial charge in [-0.1, -0.05) is 11.8 Å². The number of methoxy groups -OCH3 is 1. The third-order valence-electron chi connectivity index (χ3n) is 3.87. The number of rotatable bonds is 7. The van der Waals surface area contributed by atoms with Gasteiger partial charge in [-0.05, 0) is 42.7 Å². The molecule has 0 aliphatic carbocycles. The second-order valence-corrected chi connectivity index (χ2v) is 6.41. The Labute approximate surface area is 168 Å². The molecule has 1 aromatic heterocycles. The number of thioether (sulfide) groups is 1. The van der Waals surface area contributed by atoms with E-state index in [1.54, 1.807) is 10.8 Å². The Morgan fingerprint density at radius 1 is 1.17 bits per heavy atom. The summed E-state index contributed by atoms with van der Waals surface area (Å²) in [6, 6.07) is 9.72. The number of amides is 1. The maximum absolute atomic E-state index is 13.3. The first-order valence-electron chi connectivity index (χ1n) is 8.24. The van der Waals surface area contributed by atoms with Crippen molar-refractivity contribution in [1.82, 2.24) is 9.55 Å². The SMILES string of the molecule is COc1ccc(NC(=O)c2cnc(SC)n2-c2ccc(F)cc2)cc1OC(F)F. The number of aromatic nitrogens is 2. The third-order valence-corrected chi connectivity index (χ3v) is 4.52. The third kappa shape index (κ3) is 4.65. The topological polar surface area (TPSA) is 65.4 Å². The van der Waals surface area contributed by atoms with Crippen LogP contribution in [0.15, 0.2) is 53.8 Å². The van der Waals surface area contributed by atoms with Gasteiger partial charge in [0.05, 0.1) is 13.3 Å². The summed E-state index contributed by atoms with van der Waals surface area (Å²) in [5, 5.41) is 3.14. The van der Waals surface area contributed by atoms with Crippen LogP contribution in [-0.4, -0.2) is 35.4 Å². The summed E-state index contributed by atoms with van der Waals surface area (Å²) in [6.45, 7) is -3.04. The lowest BCUT2D eigenvalue weighted by atomic mass is 10.2. The summed E-state index contributed by atoms with van der Waals surface area (Å²) >= 11 is 1.31. The molecule has 0 spiro atoms. The minimum atomic E-state index is -3.04. The van der Waals surface area contributed by atoms with E-state index < -0.39 is 18.3 Å². The number of carbonyl (C=O) groups is 1. The molecule has 0 bridgehead atoms. The minimum Gasteiger partial charge on any atom is -0.493 e. The number of halogens is 3. The van der Waals surface area contributed by atoms with E-state index in [0.717, 1.165) is 0 Å². The van der Waals surface area contributed by atoms with Crippen LogP contribution < -0.4 is 14.8 Å². The number of hydrogen-bond acceptors (Lipinski definition) is 5. The Hall–Kier alpha value is -3.14. The van der Waals surface area contributed by atoms with Crippen LogP contribution in [0.25, 0.3) is 5.69 Å². The van der Waals surface area contributed by atoms with E-state index in [1.807, 2.05) is 0 Å². The summed E-state index contributed by atoms with van der Waals surface area (Å²) in [7, 11) is 1.32. The Balaban J connectivity index is 1.92. The summed E-state index contributed by atoms with van der Waals surface area (Å²) < 4.78 is 49.4. The van der Waals surface area contributed by atoms with E-state index in [1.165, 1.54) is 67.5 Å². The van der Waals surface area contributed by atoms with Gasteiger partial charge in [0.1, 0.15) is 11.5 Å². The second-order valence-electron chi connectivity index (χ2n) is 5.64. The molecule has 1 heterocycles. The Morgan fingerprint density at radius 3 is 2.52 bits per heavy atom. The molecule has 0 saturated heterocycles. The Kier molecular flexibility index (Phi) is 6.32. The lowest BCUT2D eigenvalue weighted by Crippen LogP contribution is -2.17. The van der Waals surface area contributed by atoms with Gasteiger partial charge < -0.3 is 14.8 Å². The van der Waals surface area contributed by atoms with Crippen molar-refractivity contribution >= 4 is 23.4 Å². The maximum Gasteiger partial charge on any atom is 0.387 e. The summed E-state index contributed by atoms with van der Waals surface area (Å²) in [5.41, 5.74) is 0.965. The van der Waals surface area contributed by atoms with Crippen molar-refractivity contribution in [2.45, 2.75) is 11.8 Å². The number of alkyl halides is 2. The average Bonchev–Trinajstić information content (AvgIpc) is 3.12. The van der Waals surface area contributed by atoms with Gasteiger partial charge in [-0.2, -0.15) is 8.78 Å². The molecule has 10 heteroatoms. The number of nitrogens with zero attached hydrogens (tertiary/aromatic N) is 2. The van der Waals surface area contributed by atoms with Crippen LogP contribution in [0, 0.1) is 5.82 Å². The normalized spacial score (nSPS) is 10.8. The van der Waals surface area contributed by atoms with Gasteiger partial charge in [-0.25, -0.2) is 9.37 Å². The number of ether oxygens (including phenoxy) is 2. The van der Waals surface area contributed by atoms with E-state index in [-0.39, 0.29) is 22.9 Å². The van der Waals surface area contributed by atoms with Crippen LogP contribution in [0.3, 0.4) is 0 Å². The van der Waals surface area contributed by atoms with Gasteiger partial charge in [-0.15, -0.1) is 0 Å². The smallest absolute Gasteiger partial charge is 0.387 e. The minimum absolute atomic E-state index is 0.101. The molecule has 6 nitrogen and oxygen atoms in total. The zero-order valence-electron chi connectivity index (χ0n) is 15.4. The van der Waals surface area contributed by atoms with E-state index in [4.69, 9.17) is 4.74 Å². The predicted octanol–water partition coefficient (Wildman–Crippen LogP) is 4.60. The highest BCUT2D eigenvalue weighted by molar-refractivity contribution is 7.98. The molecule has 0 aliphatic heterocycles. The van der Waals surface area contributed by atoms with E-state index in [2.05, 4.69) is 15.0 Å². The number of imidazole rings is 1. The predicted molar refractivity (Wildman–Crippen MR) is 103 cm³/mol. The number of carbonyl (C=O) groups excluding carboxylic acids is 1. The molecule has 1 N–H and O–H groups in total. The quantitative estimate of drug-likeness (QED) is 0.563. The lowest BCUT2D eigenvalue weighted by Gasteiger charge is -2.13. The van der Waals surface area contributed by atoms with E-state index in [0.29, 0.717) is 10.8 Å². The van der Waals surface area contributed by atoms with E-state index >= 15 is 0 Å². The van der Waals surface area contributed by atoms with Crippen molar-refractivity contribution < 1.29 is 27.4 Å². The fourth-order valence-electron chi connectivity index (χ4n) is 2.62. The molecule has 0 atom stereocenters. The monoisotopic (exact) mass is 423 g/mol. The number of hydrogen-bond donors (Lipinski definition) is 1. The van der Waals surface area contributed by atoms with Crippen LogP contribution in [0.2, 0.25) is 0 Å². The van der Waals surface area contributed by atoms with Crippen LogP contribution in [0.1, 0.15) is 10.5 Å². The van der Waals surface area contributed by atoms with Crippen molar-refractivity contribution in [3.63, 3.8) is 0 Å². The van der Waals surface area contributed by atoms with Crippen molar-refractivity contribution in [2.75, 3.05) is 18.7 Å². The van der Waals surface area contributed by atoms with Gasteiger partial charge in [0.2, 0.25) is 0 Å². The highest BCUT2D eigenvalue weighted by Crippen LogP contribution is 2.32. The molecule has 0 radical (unpaired) electrons. The molecule has 0 fully saturated rings. The molecule has 3 aromatic rings. The van der Waals surface area contributed by atoms with Crippen molar-refractivity contribution in [3.05, 3.63) is 60.2 Å². The van der Waals surface area contributed by atoms with Crippen LogP contribution in [-0.2, 0) is 0 Å².